The maximum atomic E-state index is 4.18. The van der Waals surface area contributed by atoms with Gasteiger partial charge in [-0.2, -0.15) is 0 Å². The van der Waals surface area contributed by atoms with Crippen LogP contribution in [0.2, 0.25) is 0 Å². The second-order valence-electron chi connectivity index (χ2n) is 3.39. The van der Waals surface area contributed by atoms with E-state index in [-0.39, 0.29) is 0 Å². The Morgan fingerprint density at radius 3 is 2.75 bits per heavy atom. The Hall–Kier alpha value is -0.990. The van der Waals surface area contributed by atoms with E-state index in [0.717, 1.165) is 6.67 Å². The fourth-order valence-electron chi connectivity index (χ4n) is 1.78. The standard InChI is InChI=1S/C9H15N3/c1-11-8-10-5-4-9(11)12-6-2-3-7-12/h4-5H,2-3,6-8H2,1H3. The molecule has 12 heavy (non-hydrogen) atoms. The number of likely N-dealkylation sites (tertiary alicyclic amines) is 1. The molecule has 0 N–H and O–H groups in total. The van der Waals surface area contributed by atoms with E-state index in [2.05, 4.69) is 27.9 Å². The molecule has 3 nitrogen and oxygen atoms in total. The van der Waals surface area contributed by atoms with Gasteiger partial charge >= 0.3 is 0 Å². The summed E-state index contributed by atoms with van der Waals surface area (Å²) in [5.41, 5.74) is 0. The summed E-state index contributed by atoms with van der Waals surface area (Å²) in [5, 5.41) is 0. The molecule has 2 heterocycles. The molecule has 0 aromatic rings. The fraction of sp³-hybridized carbons (Fsp3) is 0.667. The van der Waals surface area contributed by atoms with Crippen molar-refractivity contribution >= 4 is 6.21 Å². The second kappa shape index (κ2) is 3.17. The third kappa shape index (κ3) is 1.31. The molecule has 0 atom stereocenters. The van der Waals surface area contributed by atoms with Crippen LogP contribution in [0.5, 0.6) is 0 Å². The Bertz CT molecular complexity index is 214. The molecule has 2 aliphatic rings. The number of hydrogen-bond donors (Lipinski definition) is 0. The van der Waals surface area contributed by atoms with Crippen LogP contribution in [0.4, 0.5) is 0 Å². The van der Waals surface area contributed by atoms with Crippen molar-refractivity contribution in [1.29, 1.82) is 0 Å². The molecule has 0 radical (unpaired) electrons. The number of rotatable bonds is 1. The highest BCUT2D eigenvalue weighted by molar-refractivity contribution is 5.72. The molecule has 0 spiro atoms. The summed E-state index contributed by atoms with van der Waals surface area (Å²) in [5.74, 6) is 1.34. The lowest BCUT2D eigenvalue weighted by Crippen LogP contribution is -2.33. The van der Waals surface area contributed by atoms with Crippen LogP contribution in [0, 0.1) is 0 Å². The summed E-state index contributed by atoms with van der Waals surface area (Å²) in [6.45, 7) is 3.23. The number of aliphatic imine (C=N–C) groups is 1. The zero-order chi connectivity index (χ0) is 8.39. The second-order valence-corrected chi connectivity index (χ2v) is 3.39. The molecule has 0 aliphatic carbocycles. The van der Waals surface area contributed by atoms with Crippen molar-refractivity contribution in [1.82, 2.24) is 9.80 Å². The van der Waals surface area contributed by atoms with Gasteiger partial charge in [-0.3, -0.25) is 4.99 Å². The summed E-state index contributed by atoms with van der Waals surface area (Å²) < 4.78 is 0. The van der Waals surface area contributed by atoms with Crippen LogP contribution in [0.15, 0.2) is 16.9 Å². The normalized spacial score (nSPS) is 23.2. The summed E-state index contributed by atoms with van der Waals surface area (Å²) >= 11 is 0. The highest BCUT2D eigenvalue weighted by atomic mass is 15.4. The zero-order valence-corrected chi connectivity index (χ0v) is 7.53. The summed E-state index contributed by atoms with van der Waals surface area (Å²) in [6, 6.07) is 0. The van der Waals surface area contributed by atoms with Gasteiger partial charge in [-0.15, -0.1) is 0 Å². The van der Waals surface area contributed by atoms with E-state index in [0.29, 0.717) is 0 Å². The van der Waals surface area contributed by atoms with E-state index in [1.807, 2.05) is 6.21 Å². The Morgan fingerprint density at radius 2 is 2.08 bits per heavy atom. The van der Waals surface area contributed by atoms with Gasteiger partial charge in [0.1, 0.15) is 12.5 Å². The molecule has 0 bridgehead atoms. The lowest BCUT2D eigenvalue weighted by Gasteiger charge is -2.30. The van der Waals surface area contributed by atoms with Crippen LogP contribution in [0.1, 0.15) is 12.8 Å². The van der Waals surface area contributed by atoms with Gasteiger partial charge in [-0.05, 0) is 18.9 Å². The lowest BCUT2D eigenvalue weighted by molar-refractivity contribution is 0.272. The van der Waals surface area contributed by atoms with E-state index in [4.69, 9.17) is 0 Å². The maximum absolute atomic E-state index is 4.18. The van der Waals surface area contributed by atoms with Crippen molar-refractivity contribution in [3.63, 3.8) is 0 Å². The van der Waals surface area contributed by atoms with Crippen LogP contribution in [-0.2, 0) is 0 Å². The van der Waals surface area contributed by atoms with Crippen LogP contribution in [-0.4, -0.2) is 42.8 Å². The molecule has 0 aromatic carbocycles. The molecule has 1 saturated heterocycles. The monoisotopic (exact) mass is 165 g/mol. The van der Waals surface area contributed by atoms with Gasteiger partial charge in [-0.1, -0.05) is 0 Å². The minimum Gasteiger partial charge on any atom is -0.358 e. The predicted octanol–water partition coefficient (Wildman–Crippen LogP) is 0.897. The van der Waals surface area contributed by atoms with Gasteiger partial charge in [0.05, 0.1) is 0 Å². The first-order valence-corrected chi connectivity index (χ1v) is 4.54. The third-order valence-corrected chi connectivity index (χ3v) is 2.44. The number of nitrogens with zero attached hydrogens (tertiary/aromatic N) is 3. The molecule has 1 fully saturated rings. The van der Waals surface area contributed by atoms with Gasteiger partial charge in [0.2, 0.25) is 0 Å². The zero-order valence-electron chi connectivity index (χ0n) is 7.53. The quantitative estimate of drug-likeness (QED) is 0.575. The minimum atomic E-state index is 0.808. The molecular weight excluding hydrogens is 150 g/mol. The minimum absolute atomic E-state index is 0.808. The molecular formula is C9H15N3. The number of hydrogen-bond acceptors (Lipinski definition) is 3. The number of allylic oxidation sites excluding steroid dienone is 1. The topological polar surface area (TPSA) is 18.8 Å². The maximum Gasteiger partial charge on any atom is 0.111 e. The Balaban J connectivity index is 2.09. The van der Waals surface area contributed by atoms with Crippen molar-refractivity contribution in [3.05, 3.63) is 11.9 Å². The average Bonchev–Trinajstić information content (AvgIpc) is 2.57. The van der Waals surface area contributed by atoms with Gasteiger partial charge in [0.15, 0.2) is 0 Å². The first-order chi connectivity index (χ1) is 5.88. The van der Waals surface area contributed by atoms with Crippen molar-refractivity contribution in [2.24, 2.45) is 4.99 Å². The molecule has 2 aliphatic heterocycles. The van der Waals surface area contributed by atoms with Crippen molar-refractivity contribution < 1.29 is 0 Å². The third-order valence-electron chi connectivity index (χ3n) is 2.44. The Morgan fingerprint density at radius 1 is 1.33 bits per heavy atom. The van der Waals surface area contributed by atoms with Crippen LogP contribution >= 0.6 is 0 Å². The molecule has 0 saturated carbocycles. The summed E-state index contributed by atoms with van der Waals surface area (Å²) in [4.78, 5) is 8.81. The highest BCUT2D eigenvalue weighted by Gasteiger charge is 2.18. The van der Waals surface area contributed by atoms with E-state index in [1.165, 1.54) is 31.8 Å². The van der Waals surface area contributed by atoms with Crippen LogP contribution in [0.25, 0.3) is 0 Å². The van der Waals surface area contributed by atoms with Gasteiger partial charge < -0.3 is 9.80 Å². The van der Waals surface area contributed by atoms with E-state index >= 15 is 0 Å². The van der Waals surface area contributed by atoms with Crippen molar-refractivity contribution in [2.75, 3.05) is 26.8 Å². The van der Waals surface area contributed by atoms with E-state index in [1.54, 1.807) is 0 Å². The SMILES string of the molecule is CN1CN=CC=C1N1CCCC1. The van der Waals surface area contributed by atoms with E-state index < -0.39 is 0 Å². The molecule has 0 unspecified atom stereocenters. The molecule has 66 valence electrons. The summed E-state index contributed by atoms with van der Waals surface area (Å²) in [7, 11) is 2.10. The Kier molecular flexibility index (Phi) is 2.02. The first kappa shape index (κ1) is 7.65. The highest BCUT2D eigenvalue weighted by Crippen LogP contribution is 2.17. The Labute approximate surface area is 73.4 Å². The average molecular weight is 165 g/mol. The summed E-state index contributed by atoms with van der Waals surface area (Å²) in [6.07, 6.45) is 6.69. The lowest BCUT2D eigenvalue weighted by atomic mass is 10.4. The van der Waals surface area contributed by atoms with Crippen LogP contribution < -0.4 is 0 Å². The molecule has 0 aromatic heterocycles. The molecule has 0 amide bonds. The first-order valence-electron chi connectivity index (χ1n) is 4.54. The molecule has 2 rings (SSSR count). The predicted molar refractivity (Wildman–Crippen MR) is 50.0 cm³/mol. The van der Waals surface area contributed by atoms with Gasteiger partial charge in [0, 0.05) is 26.4 Å². The largest absolute Gasteiger partial charge is 0.358 e. The van der Waals surface area contributed by atoms with Gasteiger partial charge in [0.25, 0.3) is 0 Å². The van der Waals surface area contributed by atoms with Crippen LogP contribution in [0.3, 0.4) is 0 Å². The smallest absolute Gasteiger partial charge is 0.111 e. The fourth-order valence-corrected chi connectivity index (χ4v) is 1.78. The van der Waals surface area contributed by atoms with E-state index in [9.17, 15) is 0 Å². The molecule has 3 heteroatoms. The van der Waals surface area contributed by atoms with Crippen molar-refractivity contribution in [3.8, 4) is 0 Å². The van der Waals surface area contributed by atoms with Gasteiger partial charge in [-0.25, -0.2) is 0 Å². The van der Waals surface area contributed by atoms with Crippen molar-refractivity contribution in [2.45, 2.75) is 12.8 Å².